The Balaban J connectivity index is 2.91. The van der Waals surface area contributed by atoms with Crippen molar-refractivity contribution in [1.82, 2.24) is 0 Å². The lowest BCUT2D eigenvalue weighted by Gasteiger charge is -2.10. The van der Waals surface area contributed by atoms with Crippen LogP contribution in [0.2, 0.25) is 0 Å². The molecule has 0 amide bonds. The molecule has 1 aromatic rings. The van der Waals surface area contributed by atoms with Crippen LogP contribution in [0.15, 0.2) is 0 Å². The van der Waals surface area contributed by atoms with Crippen LogP contribution in [-0.2, 0) is 0 Å². The van der Waals surface area contributed by atoms with Crippen LogP contribution in [0.25, 0.3) is 0 Å². The first kappa shape index (κ1) is 12.7. The summed E-state index contributed by atoms with van der Waals surface area (Å²) < 4.78 is 19.7. The van der Waals surface area contributed by atoms with Gasteiger partial charge in [0.05, 0.1) is 24.1 Å². The largest absolute Gasteiger partial charge is 0.489 e. The van der Waals surface area contributed by atoms with Crippen molar-refractivity contribution in [2.24, 2.45) is 0 Å². The number of nitro benzene ring substituents is 2. The van der Waals surface area contributed by atoms with Crippen LogP contribution in [0.3, 0.4) is 0 Å². The SMILES string of the molecule is COc1c2c(c([N+](=O)[O-])c([N+](=O)[O-])c1OC)OCO2. The second kappa shape index (κ2) is 4.48. The summed E-state index contributed by atoms with van der Waals surface area (Å²) in [7, 11) is 2.37. The summed E-state index contributed by atoms with van der Waals surface area (Å²) in [6.45, 7) is -0.295. The van der Waals surface area contributed by atoms with Gasteiger partial charge in [-0.25, -0.2) is 0 Å². The van der Waals surface area contributed by atoms with Crippen molar-refractivity contribution in [3.05, 3.63) is 20.2 Å². The van der Waals surface area contributed by atoms with E-state index in [1.807, 2.05) is 0 Å². The molecule has 0 saturated heterocycles. The quantitative estimate of drug-likeness (QED) is 0.592. The number of fused-ring (bicyclic) bond motifs is 1. The number of ether oxygens (including phenoxy) is 4. The van der Waals surface area contributed by atoms with Crippen molar-refractivity contribution < 1.29 is 28.8 Å². The molecule has 0 aromatic heterocycles. The first-order valence-corrected chi connectivity index (χ1v) is 4.89. The Labute approximate surface area is 105 Å². The minimum Gasteiger partial charge on any atom is -0.489 e. The molecule has 0 N–H and O–H groups in total. The van der Waals surface area contributed by atoms with Gasteiger partial charge in [0.1, 0.15) is 0 Å². The predicted octanol–water partition coefficient (Wildman–Crippen LogP) is 1.25. The van der Waals surface area contributed by atoms with Gasteiger partial charge in [-0.1, -0.05) is 0 Å². The van der Waals surface area contributed by atoms with Crippen molar-refractivity contribution in [3.8, 4) is 23.0 Å². The van der Waals surface area contributed by atoms with Crippen LogP contribution < -0.4 is 18.9 Å². The highest BCUT2D eigenvalue weighted by Crippen LogP contribution is 2.58. The molecule has 0 spiro atoms. The highest BCUT2D eigenvalue weighted by molar-refractivity contribution is 5.80. The molecule has 1 heterocycles. The van der Waals surface area contributed by atoms with E-state index in [1.54, 1.807) is 0 Å². The molecule has 10 heteroatoms. The summed E-state index contributed by atoms with van der Waals surface area (Å²) in [4.78, 5) is 20.2. The Hall–Kier alpha value is -2.78. The van der Waals surface area contributed by atoms with E-state index in [4.69, 9.17) is 18.9 Å². The maximum atomic E-state index is 11.0. The Bertz CT molecular complexity index is 570. The number of benzene rings is 1. The highest BCUT2D eigenvalue weighted by Gasteiger charge is 2.44. The first-order chi connectivity index (χ1) is 9.02. The average molecular weight is 272 g/mol. The van der Waals surface area contributed by atoms with E-state index in [0.29, 0.717) is 0 Å². The van der Waals surface area contributed by atoms with Crippen molar-refractivity contribution in [3.63, 3.8) is 0 Å². The Kier molecular flexibility index (Phi) is 2.99. The van der Waals surface area contributed by atoms with Gasteiger partial charge in [-0.2, -0.15) is 0 Å². The van der Waals surface area contributed by atoms with Crippen molar-refractivity contribution >= 4 is 11.4 Å². The second-order valence-electron chi connectivity index (χ2n) is 3.34. The summed E-state index contributed by atoms with van der Waals surface area (Å²) in [6, 6.07) is 0. The van der Waals surface area contributed by atoms with Crippen molar-refractivity contribution in [2.45, 2.75) is 0 Å². The minimum atomic E-state index is -0.929. The van der Waals surface area contributed by atoms with E-state index in [2.05, 4.69) is 0 Å². The molecule has 102 valence electrons. The second-order valence-corrected chi connectivity index (χ2v) is 3.34. The summed E-state index contributed by atoms with van der Waals surface area (Å²) >= 11 is 0. The maximum absolute atomic E-state index is 11.0. The Morgan fingerprint density at radius 2 is 1.47 bits per heavy atom. The van der Waals surface area contributed by atoms with Gasteiger partial charge in [-0.05, 0) is 0 Å². The van der Waals surface area contributed by atoms with Gasteiger partial charge in [0.25, 0.3) is 11.5 Å². The van der Waals surface area contributed by atoms with Gasteiger partial charge in [-0.3, -0.25) is 20.2 Å². The smallest absolute Gasteiger partial charge is 0.395 e. The van der Waals surface area contributed by atoms with E-state index in [9.17, 15) is 20.2 Å². The highest BCUT2D eigenvalue weighted by atomic mass is 16.7. The van der Waals surface area contributed by atoms with E-state index < -0.39 is 21.2 Å². The fourth-order valence-electron chi connectivity index (χ4n) is 1.76. The summed E-state index contributed by atoms with van der Waals surface area (Å²) in [5, 5.41) is 22.1. The van der Waals surface area contributed by atoms with Gasteiger partial charge >= 0.3 is 11.4 Å². The van der Waals surface area contributed by atoms with E-state index in [0.717, 1.165) is 7.11 Å². The third-order valence-electron chi connectivity index (χ3n) is 2.45. The Morgan fingerprint density at radius 3 is 1.95 bits per heavy atom. The van der Waals surface area contributed by atoms with Crippen LogP contribution in [0.5, 0.6) is 23.0 Å². The van der Waals surface area contributed by atoms with Gasteiger partial charge < -0.3 is 18.9 Å². The number of nitrogens with zero attached hydrogens (tertiary/aromatic N) is 2. The summed E-state index contributed by atoms with van der Waals surface area (Å²) in [5.41, 5.74) is -1.66. The zero-order valence-corrected chi connectivity index (χ0v) is 9.87. The molecule has 19 heavy (non-hydrogen) atoms. The lowest BCUT2D eigenvalue weighted by molar-refractivity contribution is -0.423. The molecule has 0 bridgehead atoms. The number of hydrogen-bond acceptors (Lipinski definition) is 8. The number of nitro groups is 2. The van der Waals surface area contributed by atoms with Crippen LogP contribution in [0.1, 0.15) is 0 Å². The van der Waals surface area contributed by atoms with Gasteiger partial charge in [-0.15, -0.1) is 0 Å². The monoisotopic (exact) mass is 272 g/mol. The lowest BCUT2D eigenvalue weighted by Crippen LogP contribution is -2.03. The summed E-state index contributed by atoms with van der Waals surface area (Å²) in [5.74, 6) is -0.929. The third kappa shape index (κ3) is 1.73. The van der Waals surface area contributed by atoms with Crippen LogP contribution >= 0.6 is 0 Å². The molecule has 0 aliphatic carbocycles. The molecule has 0 unspecified atom stereocenters. The topological polar surface area (TPSA) is 123 Å². The van der Waals surface area contributed by atoms with E-state index in [1.165, 1.54) is 7.11 Å². The average Bonchev–Trinajstić information content (AvgIpc) is 2.83. The molecule has 1 aromatic carbocycles. The van der Waals surface area contributed by atoms with Crippen LogP contribution in [-0.4, -0.2) is 30.9 Å². The number of hydrogen-bond donors (Lipinski definition) is 0. The maximum Gasteiger partial charge on any atom is 0.395 e. The minimum absolute atomic E-state index is 0.0864. The molecular weight excluding hydrogens is 264 g/mol. The zero-order chi connectivity index (χ0) is 14.2. The molecular formula is C9H8N2O8. The first-order valence-electron chi connectivity index (χ1n) is 4.89. The van der Waals surface area contributed by atoms with E-state index in [-0.39, 0.29) is 29.8 Å². The molecule has 10 nitrogen and oxygen atoms in total. The van der Waals surface area contributed by atoms with Gasteiger partial charge in [0.2, 0.25) is 18.3 Å². The predicted molar refractivity (Wildman–Crippen MR) is 59.0 cm³/mol. The molecule has 0 radical (unpaired) electrons. The van der Waals surface area contributed by atoms with Crippen LogP contribution in [0, 0.1) is 20.2 Å². The van der Waals surface area contributed by atoms with Crippen molar-refractivity contribution in [2.75, 3.05) is 21.0 Å². The Morgan fingerprint density at radius 1 is 0.947 bits per heavy atom. The molecule has 1 aliphatic rings. The summed E-state index contributed by atoms with van der Waals surface area (Å²) in [6.07, 6.45) is 0. The fraction of sp³-hybridized carbons (Fsp3) is 0.333. The van der Waals surface area contributed by atoms with Crippen LogP contribution in [0.4, 0.5) is 11.4 Å². The molecule has 2 rings (SSSR count). The zero-order valence-electron chi connectivity index (χ0n) is 9.87. The molecule has 0 saturated carbocycles. The normalized spacial score (nSPS) is 12.1. The molecule has 0 atom stereocenters. The van der Waals surface area contributed by atoms with Gasteiger partial charge in [0.15, 0.2) is 0 Å². The number of methoxy groups -OCH3 is 2. The van der Waals surface area contributed by atoms with Crippen molar-refractivity contribution in [1.29, 1.82) is 0 Å². The third-order valence-corrected chi connectivity index (χ3v) is 2.45. The fourth-order valence-corrected chi connectivity index (χ4v) is 1.76. The number of rotatable bonds is 4. The molecule has 1 aliphatic heterocycles. The van der Waals surface area contributed by atoms with Gasteiger partial charge in [0, 0.05) is 0 Å². The lowest BCUT2D eigenvalue weighted by atomic mass is 10.2. The standard InChI is InChI=1S/C9H8N2O8/c1-16-6-4(10(12)13)5(11(14)15)7-9(8(6)17-2)19-3-18-7/h3H2,1-2H3. The molecule has 0 fully saturated rings. The van der Waals surface area contributed by atoms with E-state index >= 15 is 0 Å².